The third-order valence-corrected chi connectivity index (χ3v) is 3.88. The Morgan fingerprint density at radius 1 is 1.14 bits per heavy atom. The van der Waals surface area contributed by atoms with Crippen LogP contribution in [-0.4, -0.2) is 12.9 Å². The molecule has 0 fully saturated rings. The minimum Gasteiger partial charge on any atom is -0.465 e. The minimum atomic E-state index is -0.212. The van der Waals surface area contributed by atoms with E-state index in [9.17, 15) is 0 Å². The summed E-state index contributed by atoms with van der Waals surface area (Å²) in [7, 11) is 0. The van der Waals surface area contributed by atoms with Gasteiger partial charge in [-0.05, 0) is 50.3 Å². The van der Waals surface area contributed by atoms with E-state index < -0.39 is 0 Å². The second kappa shape index (κ2) is 8.38. The van der Waals surface area contributed by atoms with Crippen molar-refractivity contribution < 1.29 is 9.47 Å². The van der Waals surface area contributed by atoms with E-state index in [1.807, 2.05) is 26.0 Å². The highest BCUT2D eigenvalue weighted by Gasteiger charge is 2.24. The molecule has 1 aromatic carbocycles. The van der Waals surface area contributed by atoms with Crippen molar-refractivity contribution in [3.63, 3.8) is 0 Å². The average Bonchev–Trinajstić information content (AvgIpc) is 2.44. The predicted molar refractivity (Wildman–Crippen MR) is 94.4 cm³/mol. The molecule has 0 aliphatic heterocycles. The number of benzene rings is 1. The number of hydrogen-bond donors (Lipinski definition) is 0. The first kappa shape index (κ1) is 18.8. The summed E-state index contributed by atoms with van der Waals surface area (Å²) in [6.07, 6.45) is 3.29. The Kier molecular flexibility index (Phi) is 7.15. The molecule has 0 aromatic heterocycles. The fourth-order valence-corrected chi connectivity index (χ4v) is 2.46. The van der Waals surface area contributed by atoms with Gasteiger partial charge in [-0.2, -0.15) is 0 Å². The molecule has 0 radical (unpaired) electrons. The zero-order valence-electron chi connectivity index (χ0n) is 15.3. The monoisotopic (exact) mass is 304 g/mol. The summed E-state index contributed by atoms with van der Waals surface area (Å²) in [6, 6.07) is 8.42. The Labute approximate surface area is 136 Å². The molecule has 1 rings (SSSR count). The van der Waals surface area contributed by atoms with Crippen LogP contribution in [0.4, 0.5) is 0 Å². The molecule has 124 valence electrons. The molecule has 0 saturated carbocycles. The van der Waals surface area contributed by atoms with Crippen molar-refractivity contribution in [3.05, 3.63) is 41.5 Å². The molecule has 0 N–H and O–H groups in total. The first-order valence-electron chi connectivity index (χ1n) is 8.33. The van der Waals surface area contributed by atoms with Crippen LogP contribution >= 0.6 is 0 Å². The number of allylic oxidation sites excluding steroid dienone is 2. The van der Waals surface area contributed by atoms with Gasteiger partial charge >= 0.3 is 0 Å². The fourth-order valence-electron chi connectivity index (χ4n) is 2.46. The lowest BCUT2D eigenvalue weighted by Crippen LogP contribution is -2.18. The molecule has 2 atom stereocenters. The maximum Gasteiger partial charge on any atom is 0.196 e. The van der Waals surface area contributed by atoms with Gasteiger partial charge in [0.05, 0.1) is 0 Å². The van der Waals surface area contributed by atoms with Crippen LogP contribution in [0.25, 0.3) is 0 Å². The van der Waals surface area contributed by atoms with Crippen LogP contribution in [0.15, 0.2) is 35.9 Å². The molecule has 0 bridgehead atoms. The summed E-state index contributed by atoms with van der Waals surface area (Å²) in [6.45, 7) is 15.8. The van der Waals surface area contributed by atoms with Crippen molar-refractivity contribution >= 4 is 0 Å². The van der Waals surface area contributed by atoms with Crippen molar-refractivity contribution in [1.82, 2.24) is 0 Å². The highest BCUT2D eigenvalue weighted by atomic mass is 16.7. The molecular formula is C20H32O2. The second-order valence-corrected chi connectivity index (χ2v) is 6.92. The van der Waals surface area contributed by atoms with Crippen molar-refractivity contribution in [2.75, 3.05) is 6.61 Å². The summed E-state index contributed by atoms with van der Waals surface area (Å²) in [5.41, 5.74) is 2.96. The maximum absolute atomic E-state index is 5.74. The molecule has 0 amide bonds. The molecule has 2 heteroatoms. The lowest BCUT2D eigenvalue weighted by Gasteiger charge is -2.29. The van der Waals surface area contributed by atoms with Crippen LogP contribution in [0.1, 0.15) is 66.4 Å². The fraction of sp³-hybridized carbons (Fsp3) is 0.600. The molecule has 0 aliphatic rings. The molecule has 1 aromatic rings. The van der Waals surface area contributed by atoms with Crippen LogP contribution in [0.2, 0.25) is 0 Å². The normalized spacial score (nSPS) is 15.5. The van der Waals surface area contributed by atoms with Crippen LogP contribution in [-0.2, 0) is 4.74 Å². The zero-order chi connectivity index (χ0) is 16.8. The summed E-state index contributed by atoms with van der Waals surface area (Å²) >= 11 is 0. The van der Waals surface area contributed by atoms with Gasteiger partial charge in [-0.1, -0.05) is 51.5 Å². The molecular weight excluding hydrogens is 272 g/mol. The SMILES string of the molecule is CCOC(C)Oc1ccc(C(/C=C(/C)CC)C(C)(C)C)cc1. The molecule has 0 spiro atoms. The third-order valence-electron chi connectivity index (χ3n) is 3.88. The lowest BCUT2D eigenvalue weighted by atomic mass is 9.75. The van der Waals surface area contributed by atoms with Gasteiger partial charge in [-0.15, -0.1) is 0 Å². The van der Waals surface area contributed by atoms with Gasteiger partial charge in [-0.3, -0.25) is 0 Å². The quantitative estimate of drug-likeness (QED) is 0.459. The van der Waals surface area contributed by atoms with E-state index in [4.69, 9.17) is 9.47 Å². The van der Waals surface area contributed by atoms with Gasteiger partial charge < -0.3 is 9.47 Å². The van der Waals surface area contributed by atoms with Crippen LogP contribution in [0.3, 0.4) is 0 Å². The molecule has 2 nitrogen and oxygen atoms in total. The third kappa shape index (κ3) is 5.84. The van der Waals surface area contributed by atoms with Gasteiger partial charge in [-0.25, -0.2) is 0 Å². The standard InChI is InChI=1S/C20H32O2/c1-8-15(3)14-19(20(5,6)7)17-10-12-18(13-11-17)22-16(4)21-9-2/h10-14,16,19H,8-9H2,1-7H3/b15-14-. The van der Waals surface area contributed by atoms with E-state index >= 15 is 0 Å². The molecule has 0 heterocycles. The van der Waals surface area contributed by atoms with Gasteiger partial charge in [0.2, 0.25) is 0 Å². The summed E-state index contributed by atoms with van der Waals surface area (Å²) in [5, 5.41) is 0. The zero-order valence-corrected chi connectivity index (χ0v) is 15.3. The Bertz CT molecular complexity index is 465. The van der Waals surface area contributed by atoms with Gasteiger partial charge in [0.1, 0.15) is 5.75 Å². The minimum absolute atomic E-state index is 0.192. The van der Waals surface area contributed by atoms with Gasteiger partial charge in [0.15, 0.2) is 6.29 Å². The Balaban J connectivity index is 2.94. The topological polar surface area (TPSA) is 18.5 Å². The molecule has 2 unspecified atom stereocenters. The lowest BCUT2D eigenvalue weighted by molar-refractivity contribution is -0.0613. The summed E-state index contributed by atoms with van der Waals surface area (Å²) in [5.74, 6) is 1.26. The van der Waals surface area contributed by atoms with Crippen molar-refractivity contribution in [1.29, 1.82) is 0 Å². The Morgan fingerprint density at radius 3 is 2.18 bits per heavy atom. The Morgan fingerprint density at radius 2 is 1.73 bits per heavy atom. The van der Waals surface area contributed by atoms with Crippen molar-refractivity contribution in [2.45, 2.75) is 67.1 Å². The van der Waals surface area contributed by atoms with E-state index in [1.54, 1.807) is 0 Å². The molecule has 22 heavy (non-hydrogen) atoms. The molecule has 0 aliphatic carbocycles. The highest BCUT2D eigenvalue weighted by Crippen LogP contribution is 2.37. The van der Waals surface area contributed by atoms with E-state index in [0.717, 1.165) is 12.2 Å². The average molecular weight is 304 g/mol. The maximum atomic E-state index is 5.74. The van der Waals surface area contributed by atoms with Crippen molar-refractivity contribution in [3.8, 4) is 5.75 Å². The summed E-state index contributed by atoms with van der Waals surface area (Å²) < 4.78 is 11.2. The van der Waals surface area contributed by atoms with Gasteiger partial charge in [0.25, 0.3) is 0 Å². The second-order valence-electron chi connectivity index (χ2n) is 6.92. The predicted octanol–water partition coefficient (Wildman–Crippen LogP) is 5.93. The van der Waals surface area contributed by atoms with Gasteiger partial charge in [0, 0.05) is 12.5 Å². The molecule has 0 saturated heterocycles. The van der Waals surface area contributed by atoms with Crippen molar-refractivity contribution in [2.24, 2.45) is 5.41 Å². The van der Waals surface area contributed by atoms with E-state index in [2.05, 4.69) is 52.8 Å². The largest absolute Gasteiger partial charge is 0.465 e. The first-order valence-corrected chi connectivity index (χ1v) is 8.33. The number of hydrogen-bond acceptors (Lipinski definition) is 2. The number of ether oxygens (including phenoxy) is 2. The highest BCUT2D eigenvalue weighted by molar-refractivity contribution is 5.33. The first-order chi connectivity index (χ1) is 10.3. The summed E-state index contributed by atoms with van der Waals surface area (Å²) in [4.78, 5) is 0. The van der Waals surface area contributed by atoms with E-state index in [0.29, 0.717) is 12.5 Å². The van der Waals surface area contributed by atoms with E-state index in [-0.39, 0.29) is 11.7 Å². The van der Waals surface area contributed by atoms with Crippen LogP contribution in [0, 0.1) is 5.41 Å². The Hall–Kier alpha value is -1.28. The van der Waals surface area contributed by atoms with Crippen LogP contribution < -0.4 is 4.74 Å². The van der Waals surface area contributed by atoms with Crippen LogP contribution in [0.5, 0.6) is 5.75 Å². The number of rotatable bonds is 7. The smallest absolute Gasteiger partial charge is 0.196 e. The van der Waals surface area contributed by atoms with E-state index in [1.165, 1.54) is 11.1 Å².